The molecule has 130 valence electrons. The molecule has 1 aromatic carbocycles. The zero-order chi connectivity index (χ0) is 17.8. The number of amides is 1. The van der Waals surface area contributed by atoms with Gasteiger partial charge in [-0.25, -0.2) is 4.98 Å². The lowest BCUT2D eigenvalue weighted by Gasteiger charge is -2.34. The number of piperazine rings is 1. The Morgan fingerprint density at radius 2 is 1.88 bits per heavy atom. The van der Waals surface area contributed by atoms with Crippen molar-refractivity contribution < 1.29 is 13.6 Å². The van der Waals surface area contributed by atoms with Crippen LogP contribution in [0.25, 0.3) is 0 Å². The van der Waals surface area contributed by atoms with Crippen LogP contribution in [0.5, 0.6) is 0 Å². The number of imidazole rings is 1. The molecule has 0 unspecified atom stereocenters. The highest BCUT2D eigenvalue weighted by Crippen LogP contribution is 2.16. The van der Waals surface area contributed by atoms with Crippen molar-refractivity contribution in [2.45, 2.75) is 13.1 Å². The van der Waals surface area contributed by atoms with Crippen LogP contribution in [0.15, 0.2) is 36.7 Å². The summed E-state index contributed by atoms with van der Waals surface area (Å²) in [6.45, 7) is -0.0358. The van der Waals surface area contributed by atoms with Gasteiger partial charge in [-0.15, -0.1) is 0 Å². The minimum atomic E-state index is -2.60. The Morgan fingerprint density at radius 1 is 1.20 bits per heavy atom. The maximum atomic E-state index is 12.9. The monoisotopic (exact) mass is 345 g/mol. The molecule has 1 saturated heterocycles. The first kappa shape index (κ1) is 17.0. The molecule has 8 heteroatoms. The summed E-state index contributed by atoms with van der Waals surface area (Å²) in [6, 6.07) is 8.55. The molecule has 3 rings (SSSR count). The second-order valence-electron chi connectivity index (χ2n) is 5.79. The fourth-order valence-electron chi connectivity index (χ4n) is 2.82. The molecule has 0 atom stereocenters. The van der Waals surface area contributed by atoms with Gasteiger partial charge in [-0.05, 0) is 24.3 Å². The van der Waals surface area contributed by atoms with E-state index in [1.807, 2.05) is 11.0 Å². The van der Waals surface area contributed by atoms with Crippen LogP contribution in [-0.2, 0) is 6.54 Å². The van der Waals surface area contributed by atoms with Crippen molar-refractivity contribution in [2.24, 2.45) is 0 Å². The molecule has 0 saturated carbocycles. The molecule has 1 fully saturated rings. The summed E-state index contributed by atoms with van der Waals surface area (Å²) < 4.78 is 26.6. The van der Waals surface area contributed by atoms with Gasteiger partial charge in [0.15, 0.2) is 0 Å². The fraction of sp³-hybridized carbons (Fsp3) is 0.353. The van der Waals surface area contributed by atoms with Crippen LogP contribution in [0.1, 0.15) is 28.3 Å². The predicted molar refractivity (Wildman–Crippen MR) is 85.8 cm³/mol. The Labute approximate surface area is 143 Å². The summed E-state index contributed by atoms with van der Waals surface area (Å²) in [7, 11) is 0. The number of rotatable bonds is 4. The van der Waals surface area contributed by atoms with Gasteiger partial charge in [0.1, 0.15) is 5.82 Å². The van der Waals surface area contributed by atoms with E-state index < -0.39 is 6.55 Å². The minimum absolute atomic E-state index is 0.0850. The van der Waals surface area contributed by atoms with Crippen molar-refractivity contribution >= 4 is 5.91 Å². The molecule has 6 nitrogen and oxygen atoms in total. The van der Waals surface area contributed by atoms with Crippen molar-refractivity contribution in [1.29, 1.82) is 5.26 Å². The lowest BCUT2D eigenvalue weighted by molar-refractivity contribution is 0.0555. The van der Waals surface area contributed by atoms with E-state index in [9.17, 15) is 13.6 Å². The maximum absolute atomic E-state index is 12.9. The van der Waals surface area contributed by atoms with E-state index in [4.69, 9.17) is 5.26 Å². The van der Waals surface area contributed by atoms with Crippen molar-refractivity contribution in [2.75, 3.05) is 26.2 Å². The third-order valence-corrected chi connectivity index (χ3v) is 4.24. The molecule has 0 radical (unpaired) electrons. The molecule has 1 aliphatic rings. The summed E-state index contributed by atoms with van der Waals surface area (Å²) in [6.07, 6.45) is 2.64. The van der Waals surface area contributed by atoms with Gasteiger partial charge in [-0.1, -0.05) is 0 Å². The second-order valence-corrected chi connectivity index (χ2v) is 5.79. The second kappa shape index (κ2) is 7.40. The van der Waals surface area contributed by atoms with E-state index in [0.29, 0.717) is 49.7 Å². The van der Waals surface area contributed by atoms with Gasteiger partial charge < -0.3 is 4.90 Å². The highest BCUT2D eigenvalue weighted by Gasteiger charge is 2.23. The van der Waals surface area contributed by atoms with E-state index >= 15 is 0 Å². The quantitative estimate of drug-likeness (QED) is 0.851. The van der Waals surface area contributed by atoms with Crippen molar-refractivity contribution in [1.82, 2.24) is 19.4 Å². The zero-order valence-corrected chi connectivity index (χ0v) is 13.5. The first-order valence-corrected chi connectivity index (χ1v) is 7.90. The van der Waals surface area contributed by atoms with E-state index in [1.165, 1.54) is 12.4 Å². The number of nitriles is 1. The number of hydrogen-bond acceptors (Lipinski definition) is 4. The normalized spacial score (nSPS) is 15.4. The number of nitrogens with zero attached hydrogens (tertiary/aromatic N) is 5. The highest BCUT2D eigenvalue weighted by molar-refractivity contribution is 5.94. The maximum Gasteiger partial charge on any atom is 0.319 e. The number of alkyl halides is 2. The number of halogens is 2. The molecule has 1 aliphatic heterocycles. The Hall–Kier alpha value is -2.79. The Bertz CT molecular complexity index is 773. The number of carbonyl (C=O) groups excluding carboxylic acids is 1. The molecule has 2 aromatic rings. The molecular weight excluding hydrogens is 328 g/mol. The van der Waals surface area contributed by atoms with Crippen LogP contribution >= 0.6 is 0 Å². The lowest BCUT2D eigenvalue weighted by atomic mass is 10.1. The SMILES string of the molecule is N#Cc1ccc(C(=O)N2CCN(Cc3nccn3C(F)F)CC2)cc1. The molecular formula is C17H17F2N5O. The molecule has 0 bridgehead atoms. The van der Waals surface area contributed by atoms with Crippen LogP contribution in [0.2, 0.25) is 0 Å². The fourth-order valence-corrected chi connectivity index (χ4v) is 2.82. The third kappa shape index (κ3) is 3.83. The summed E-state index contributed by atoms with van der Waals surface area (Å²) in [5.74, 6) is 0.236. The lowest BCUT2D eigenvalue weighted by Crippen LogP contribution is -2.48. The molecule has 1 aromatic heterocycles. The largest absolute Gasteiger partial charge is 0.336 e. The summed E-state index contributed by atoms with van der Waals surface area (Å²) >= 11 is 0. The molecule has 0 aliphatic carbocycles. The van der Waals surface area contributed by atoms with E-state index in [2.05, 4.69) is 4.98 Å². The molecule has 0 spiro atoms. The first-order valence-electron chi connectivity index (χ1n) is 7.90. The molecule has 2 heterocycles. The zero-order valence-electron chi connectivity index (χ0n) is 13.5. The Morgan fingerprint density at radius 3 is 2.48 bits per heavy atom. The van der Waals surface area contributed by atoms with Gasteiger partial charge in [0.05, 0.1) is 18.2 Å². The van der Waals surface area contributed by atoms with Crippen molar-refractivity contribution in [3.8, 4) is 6.07 Å². The van der Waals surface area contributed by atoms with Gasteiger partial charge >= 0.3 is 6.55 Å². The van der Waals surface area contributed by atoms with Gasteiger partial charge in [-0.3, -0.25) is 14.3 Å². The van der Waals surface area contributed by atoms with Gasteiger partial charge in [0, 0.05) is 44.1 Å². The summed E-state index contributed by atoms with van der Waals surface area (Å²) in [5, 5.41) is 8.80. The highest BCUT2D eigenvalue weighted by atomic mass is 19.3. The Kier molecular flexibility index (Phi) is 5.05. The van der Waals surface area contributed by atoms with Gasteiger partial charge in [-0.2, -0.15) is 14.0 Å². The number of carbonyl (C=O) groups is 1. The van der Waals surface area contributed by atoms with E-state index in [0.717, 1.165) is 4.57 Å². The molecule has 1 amide bonds. The van der Waals surface area contributed by atoms with Crippen LogP contribution < -0.4 is 0 Å². The van der Waals surface area contributed by atoms with E-state index in [-0.39, 0.29) is 5.91 Å². The average Bonchev–Trinajstić information content (AvgIpc) is 3.10. The van der Waals surface area contributed by atoms with Crippen molar-refractivity contribution in [3.63, 3.8) is 0 Å². The summed E-state index contributed by atoms with van der Waals surface area (Å²) in [5.41, 5.74) is 1.05. The number of aromatic nitrogens is 2. The predicted octanol–water partition coefficient (Wildman–Crippen LogP) is 2.11. The minimum Gasteiger partial charge on any atom is -0.336 e. The Balaban J connectivity index is 1.57. The topological polar surface area (TPSA) is 65.2 Å². The van der Waals surface area contributed by atoms with Crippen LogP contribution in [0, 0.1) is 11.3 Å². The standard InChI is InChI=1S/C17H17F2N5O/c18-17(19)24-6-5-21-15(24)12-22-7-9-23(10-8-22)16(25)14-3-1-13(11-20)2-4-14/h1-6,17H,7-10,12H2. The molecule has 0 N–H and O–H groups in total. The van der Waals surface area contributed by atoms with Crippen LogP contribution in [-0.4, -0.2) is 51.4 Å². The van der Waals surface area contributed by atoms with Crippen LogP contribution in [0.3, 0.4) is 0 Å². The molecule has 25 heavy (non-hydrogen) atoms. The van der Waals surface area contributed by atoms with E-state index in [1.54, 1.807) is 29.2 Å². The smallest absolute Gasteiger partial charge is 0.319 e. The van der Waals surface area contributed by atoms with Crippen LogP contribution in [0.4, 0.5) is 8.78 Å². The van der Waals surface area contributed by atoms with Gasteiger partial charge in [0.25, 0.3) is 5.91 Å². The number of hydrogen-bond donors (Lipinski definition) is 0. The number of benzene rings is 1. The third-order valence-electron chi connectivity index (χ3n) is 4.24. The van der Waals surface area contributed by atoms with Gasteiger partial charge in [0.2, 0.25) is 0 Å². The first-order chi connectivity index (χ1) is 12.1. The van der Waals surface area contributed by atoms with Crippen molar-refractivity contribution in [3.05, 3.63) is 53.6 Å². The summed E-state index contributed by atoms with van der Waals surface area (Å²) in [4.78, 5) is 20.2. The average molecular weight is 345 g/mol.